The molecule has 0 spiro atoms. The van der Waals surface area contributed by atoms with Crippen LogP contribution < -0.4 is 5.73 Å². The van der Waals surface area contributed by atoms with Crippen molar-refractivity contribution in [3.63, 3.8) is 0 Å². The molecule has 1 atom stereocenters. The van der Waals surface area contributed by atoms with Crippen molar-refractivity contribution in [3.05, 3.63) is 63.6 Å². The zero-order chi connectivity index (χ0) is 14.1. The zero-order valence-corrected chi connectivity index (χ0v) is 13.2. The molecule has 0 amide bonds. The summed E-state index contributed by atoms with van der Waals surface area (Å²) < 4.78 is 1.18. The first-order valence-corrected chi connectivity index (χ1v) is 7.81. The number of fused-ring (bicyclic) bond motifs is 1. The lowest BCUT2D eigenvalue weighted by molar-refractivity contribution is 0.192. The summed E-state index contributed by atoms with van der Waals surface area (Å²) in [5.74, 6) is 0. The number of hydrogen-bond donors (Lipinski definition) is 1. The quantitative estimate of drug-likeness (QED) is 0.838. The molecule has 2 aromatic carbocycles. The molecule has 20 heavy (non-hydrogen) atoms. The number of hydrogen-bond acceptors (Lipinski definition) is 2. The monoisotopic (exact) mass is 330 g/mol. The van der Waals surface area contributed by atoms with E-state index >= 15 is 0 Å². The number of halogens is 1. The molecular formula is C17H19BrN2. The molecule has 0 bridgehead atoms. The van der Waals surface area contributed by atoms with Crippen molar-refractivity contribution in [2.45, 2.75) is 25.9 Å². The molecular weight excluding hydrogens is 312 g/mol. The summed E-state index contributed by atoms with van der Waals surface area (Å²) in [6.07, 6.45) is 1.08. The topological polar surface area (TPSA) is 29.3 Å². The summed E-state index contributed by atoms with van der Waals surface area (Å²) in [7, 11) is 0. The maximum absolute atomic E-state index is 6.14. The van der Waals surface area contributed by atoms with Crippen LogP contribution in [0.1, 0.15) is 29.7 Å². The third kappa shape index (κ3) is 2.48. The van der Waals surface area contributed by atoms with E-state index in [1.165, 1.54) is 21.2 Å². The normalized spacial score (nSPS) is 16.7. The van der Waals surface area contributed by atoms with Crippen molar-refractivity contribution in [1.82, 2.24) is 4.90 Å². The van der Waals surface area contributed by atoms with E-state index in [1.807, 2.05) is 6.07 Å². The second-order valence-electron chi connectivity index (χ2n) is 5.40. The van der Waals surface area contributed by atoms with Crippen molar-refractivity contribution >= 4 is 21.6 Å². The van der Waals surface area contributed by atoms with Gasteiger partial charge in [-0.05, 0) is 42.2 Å². The lowest BCUT2D eigenvalue weighted by Crippen LogP contribution is -2.33. The van der Waals surface area contributed by atoms with E-state index in [4.69, 9.17) is 5.73 Å². The molecule has 2 N–H and O–H groups in total. The number of anilines is 1. The molecule has 1 heterocycles. The molecule has 0 aromatic heterocycles. The molecule has 1 aliphatic rings. The van der Waals surface area contributed by atoms with Crippen molar-refractivity contribution in [3.8, 4) is 0 Å². The van der Waals surface area contributed by atoms with Gasteiger partial charge >= 0.3 is 0 Å². The average molecular weight is 331 g/mol. The van der Waals surface area contributed by atoms with Crippen molar-refractivity contribution in [2.75, 3.05) is 12.3 Å². The first-order chi connectivity index (χ1) is 9.66. The fourth-order valence-corrected chi connectivity index (χ4v) is 3.59. The molecule has 0 radical (unpaired) electrons. The van der Waals surface area contributed by atoms with Crippen LogP contribution in [0.4, 0.5) is 5.69 Å². The Morgan fingerprint density at radius 2 is 1.95 bits per heavy atom. The Kier molecular flexibility index (Phi) is 3.81. The Balaban J connectivity index is 1.87. The highest BCUT2D eigenvalue weighted by Crippen LogP contribution is 2.32. The van der Waals surface area contributed by atoms with Gasteiger partial charge in [-0.15, -0.1) is 0 Å². The summed E-state index contributed by atoms with van der Waals surface area (Å²) in [6.45, 7) is 4.29. The summed E-state index contributed by atoms with van der Waals surface area (Å²) in [4.78, 5) is 2.50. The van der Waals surface area contributed by atoms with Crippen LogP contribution in [0.3, 0.4) is 0 Å². The van der Waals surface area contributed by atoms with Gasteiger partial charge in [0.2, 0.25) is 0 Å². The minimum absolute atomic E-state index is 0.387. The molecule has 0 saturated carbocycles. The maximum atomic E-state index is 6.14. The minimum Gasteiger partial charge on any atom is -0.398 e. The molecule has 0 aliphatic carbocycles. The lowest BCUT2D eigenvalue weighted by atomic mass is 9.96. The van der Waals surface area contributed by atoms with E-state index in [2.05, 4.69) is 64.2 Å². The molecule has 3 heteroatoms. The highest BCUT2D eigenvalue weighted by molar-refractivity contribution is 9.10. The first-order valence-electron chi connectivity index (χ1n) is 7.01. The zero-order valence-electron chi connectivity index (χ0n) is 11.6. The van der Waals surface area contributed by atoms with Crippen LogP contribution >= 0.6 is 15.9 Å². The predicted molar refractivity (Wildman–Crippen MR) is 87.5 cm³/mol. The van der Waals surface area contributed by atoms with Gasteiger partial charge in [0.1, 0.15) is 0 Å². The number of nitrogen functional groups attached to an aromatic ring is 1. The Hall–Kier alpha value is -1.32. The van der Waals surface area contributed by atoms with Crippen molar-refractivity contribution in [2.24, 2.45) is 0 Å². The number of rotatable bonds is 2. The van der Waals surface area contributed by atoms with Crippen LogP contribution in [0.5, 0.6) is 0 Å². The fourth-order valence-electron chi connectivity index (χ4n) is 2.97. The second-order valence-corrected chi connectivity index (χ2v) is 6.26. The SMILES string of the molecule is CC(c1ccccc1Br)N1CCc2cccc(N)c2C1. The molecule has 3 rings (SSSR count). The largest absolute Gasteiger partial charge is 0.398 e. The number of nitrogens with two attached hydrogens (primary N) is 1. The van der Waals surface area contributed by atoms with E-state index < -0.39 is 0 Å². The number of nitrogens with zero attached hydrogens (tertiary/aromatic N) is 1. The average Bonchev–Trinajstić information content (AvgIpc) is 2.47. The Morgan fingerprint density at radius 3 is 2.75 bits per heavy atom. The summed E-state index contributed by atoms with van der Waals surface area (Å²) in [5.41, 5.74) is 11.1. The smallest absolute Gasteiger partial charge is 0.0362 e. The molecule has 1 unspecified atom stereocenters. The predicted octanol–water partition coefficient (Wildman–Crippen LogP) is 4.15. The fraction of sp³-hybridized carbons (Fsp3) is 0.294. The van der Waals surface area contributed by atoms with Crippen LogP contribution in [0.25, 0.3) is 0 Å². The molecule has 0 saturated heterocycles. The molecule has 104 valence electrons. The summed E-state index contributed by atoms with van der Waals surface area (Å²) in [6, 6.07) is 15.1. The first kappa shape index (κ1) is 13.7. The van der Waals surface area contributed by atoms with E-state index in [-0.39, 0.29) is 0 Å². The van der Waals surface area contributed by atoms with Gasteiger partial charge in [-0.2, -0.15) is 0 Å². The second kappa shape index (κ2) is 5.58. The van der Waals surface area contributed by atoms with Crippen molar-refractivity contribution in [1.29, 1.82) is 0 Å². The minimum atomic E-state index is 0.387. The van der Waals surface area contributed by atoms with Crippen molar-refractivity contribution < 1.29 is 0 Å². The van der Waals surface area contributed by atoms with Gasteiger partial charge in [-0.3, -0.25) is 4.90 Å². The van der Waals surface area contributed by atoms with E-state index in [9.17, 15) is 0 Å². The molecule has 0 fully saturated rings. The van der Waals surface area contributed by atoms with Crippen LogP contribution in [-0.2, 0) is 13.0 Å². The standard InChI is InChI=1S/C17H19BrN2/c1-12(14-6-2-3-7-16(14)18)20-10-9-13-5-4-8-17(19)15(13)11-20/h2-8,12H,9-11,19H2,1H3. The van der Waals surface area contributed by atoms with Gasteiger partial charge in [0.25, 0.3) is 0 Å². The molecule has 2 nitrogen and oxygen atoms in total. The van der Waals surface area contributed by atoms with Crippen LogP contribution in [0.15, 0.2) is 46.9 Å². The Bertz CT molecular complexity index is 624. The van der Waals surface area contributed by atoms with Gasteiger partial charge in [-0.1, -0.05) is 46.3 Å². The molecule has 2 aromatic rings. The lowest BCUT2D eigenvalue weighted by Gasteiger charge is -2.35. The van der Waals surface area contributed by atoms with Crippen LogP contribution in [-0.4, -0.2) is 11.4 Å². The van der Waals surface area contributed by atoms with Gasteiger partial charge in [0.15, 0.2) is 0 Å². The number of benzene rings is 2. The van der Waals surface area contributed by atoms with Crippen LogP contribution in [0.2, 0.25) is 0 Å². The Morgan fingerprint density at radius 1 is 1.15 bits per heavy atom. The summed E-state index contributed by atoms with van der Waals surface area (Å²) >= 11 is 3.66. The van der Waals surface area contributed by atoms with Crippen LogP contribution in [0, 0.1) is 0 Å². The Labute approximate surface area is 128 Å². The van der Waals surface area contributed by atoms with Gasteiger partial charge < -0.3 is 5.73 Å². The van der Waals surface area contributed by atoms with Gasteiger partial charge in [-0.25, -0.2) is 0 Å². The highest BCUT2D eigenvalue weighted by Gasteiger charge is 2.23. The summed E-state index contributed by atoms with van der Waals surface area (Å²) in [5, 5.41) is 0. The maximum Gasteiger partial charge on any atom is 0.0362 e. The highest BCUT2D eigenvalue weighted by atomic mass is 79.9. The van der Waals surface area contributed by atoms with E-state index in [1.54, 1.807) is 0 Å². The van der Waals surface area contributed by atoms with Gasteiger partial charge in [0, 0.05) is 29.3 Å². The third-order valence-electron chi connectivity index (χ3n) is 4.24. The third-order valence-corrected chi connectivity index (χ3v) is 4.96. The van der Waals surface area contributed by atoms with E-state index in [0.717, 1.165) is 25.2 Å². The molecule has 1 aliphatic heterocycles. The van der Waals surface area contributed by atoms with E-state index in [0.29, 0.717) is 6.04 Å². The van der Waals surface area contributed by atoms with Gasteiger partial charge in [0.05, 0.1) is 0 Å².